The number of carbonyl (C=O) groups excluding carboxylic acids is 2. The lowest BCUT2D eigenvalue weighted by Crippen LogP contribution is -2.42. The molecule has 2 amide bonds. The van der Waals surface area contributed by atoms with Crippen molar-refractivity contribution in [1.82, 2.24) is 15.1 Å². The molecule has 10 heteroatoms. The third kappa shape index (κ3) is 5.11. The minimum absolute atomic E-state index is 0.167. The highest BCUT2D eigenvalue weighted by Crippen LogP contribution is 2.50. The fraction of sp³-hybridized carbons (Fsp3) is 0.206. The second kappa shape index (κ2) is 11.6. The lowest BCUT2D eigenvalue weighted by molar-refractivity contribution is -0.123. The van der Waals surface area contributed by atoms with E-state index < -0.39 is 0 Å². The fourth-order valence-corrected chi connectivity index (χ4v) is 6.79. The van der Waals surface area contributed by atoms with Crippen molar-refractivity contribution in [3.8, 4) is 28.4 Å². The van der Waals surface area contributed by atoms with E-state index in [0.29, 0.717) is 23.1 Å². The van der Waals surface area contributed by atoms with Crippen LogP contribution >= 0.6 is 11.8 Å². The number of ether oxygens (including phenoxy) is 2. The van der Waals surface area contributed by atoms with Crippen LogP contribution in [0.15, 0.2) is 89.5 Å². The highest BCUT2D eigenvalue weighted by atomic mass is 32.2. The van der Waals surface area contributed by atoms with Gasteiger partial charge in [0.15, 0.2) is 11.5 Å². The summed E-state index contributed by atoms with van der Waals surface area (Å²) >= 11 is 1.51. The molecule has 2 aliphatic rings. The number of hydrogen-bond donors (Lipinski definition) is 1. The molecule has 5 aromatic rings. The predicted octanol–water partition coefficient (Wildman–Crippen LogP) is 5.96. The molecule has 0 radical (unpaired) electrons. The number of hydrogen-bond acceptors (Lipinski definition) is 7. The van der Waals surface area contributed by atoms with Gasteiger partial charge < -0.3 is 19.2 Å². The normalized spacial score (nSPS) is 15.6. The molecule has 9 nitrogen and oxygen atoms in total. The van der Waals surface area contributed by atoms with Gasteiger partial charge in [-0.05, 0) is 60.9 Å². The van der Waals surface area contributed by atoms with Gasteiger partial charge in [0.05, 0.1) is 35.2 Å². The van der Waals surface area contributed by atoms with Crippen molar-refractivity contribution in [2.24, 2.45) is 0 Å². The number of amides is 2. The van der Waals surface area contributed by atoms with E-state index in [1.807, 2.05) is 72.3 Å². The number of carbonyl (C=O) groups is 2. The van der Waals surface area contributed by atoms with E-state index in [0.717, 1.165) is 39.2 Å². The van der Waals surface area contributed by atoms with Gasteiger partial charge in [-0.2, -0.15) is 5.10 Å². The number of anilines is 1. The van der Waals surface area contributed by atoms with Crippen molar-refractivity contribution in [1.29, 1.82) is 0 Å². The summed E-state index contributed by atoms with van der Waals surface area (Å²) < 4.78 is 18.5. The Hall–Kier alpha value is -4.96. The second-order valence-electron chi connectivity index (χ2n) is 10.7. The van der Waals surface area contributed by atoms with E-state index in [9.17, 15) is 9.59 Å². The van der Waals surface area contributed by atoms with Gasteiger partial charge in [0, 0.05) is 11.1 Å². The quantitative estimate of drug-likeness (QED) is 0.244. The summed E-state index contributed by atoms with van der Waals surface area (Å²) in [6, 6.07) is 25.4. The Bertz CT molecular complexity index is 1850. The van der Waals surface area contributed by atoms with Crippen molar-refractivity contribution in [2.75, 3.05) is 24.0 Å². The van der Waals surface area contributed by atoms with E-state index in [-0.39, 0.29) is 42.7 Å². The smallest absolute Gasteiger partial charge is 0.240 e. The Morgan fingerprint density at radius 1 is 1.00 bits per heavy atom. The zero-order chi connectivity index (χ0) is 30.2. The maximum Gasteiger partial charge on any atom is 0.240 e. The number of nitrogens with one attached hydrogen (secondary N) is 1. The van der Waals surface area contributed by atoms with E-state index >= 15 is 0 Å². The number of thioether (sulfide) groups is 1. The monoisotopic (exact) mass is 606 g/mol. The van der Waals surface area contributed by atoms with Gasteiger partial charge in [0.25, 0.3) is 0 Å². The van der Waals surface area contributed by atoms with Gasteiger partial charge in [-0.1, -0.05) is 48.5 Å². The molecule has 0 saturated carbocycles. The van der Waals surface area contributed by atoms with E-state index in [2.05, 4.69) is 18.3 Å². The molecule has 2 aliphatic heterocycles. The van der Waals surface area contributed by atoms with Crippen LogP contribution in [0.25, 0.3) is 16.9 Å². The average Bonchev–Trinajstić information content (AvgIpc) is 3.80. The van der Waals surface area contributed by atoms with Gasteiger partial charge in [0.2, 0.25) is 18.6 Å². The first-order valence-electron chi connectivity index (χ1n) is 14.3. The van der Waals surface area contributed by atoms with Crippen LogP contribution in [0.5, 0.6) is 11.5 Å². The van der Waals surface area contributed by atoms with Crippen LogP contribution in [0.1, 0.15) is 33.3 Å². The molecular weight excluding hydrogens is 576 g/mol. The largest absolute Gasteiger partial charge is 0.467 e. The first-order valence-corrected chi connectivity index (χ1v) is 15.4. The summed E-state index contributed by atoms with van der Waals surface area (Å²) in [5, 5.41) is 7.83. The lowest BCUT2D eigenvalue weighted by atomic mass is 9.99. The summed E-state index contributed by atoms with van der Waals surface area (Å²) in [6.45, 7) is 4.31. The molecule has 0 aliphatic carbocycles. The zero-order valence-corrected chi connectivity index (χ0v) is 25.1. The highest BCUT2D eigenvalue weighted by Gasteiger charge is 2.38. The summed E-state index contributed by atoms with van der Waals surface area (Å²) in [5.74, 6) is 2.24. The van der Waals surface area contributed by atoms with Crippen LogP contribution in [0.4, 0.5) is 5.82 Å². The van der Waals surface area contributed by atoms with Gasteiger partial charge in [-0.3, -0.25) is 14.5 Å². The minimum Gasteiger partial charge on any atom is -0.467 e. The first-order chi connectivity index (χ1) is 21.5. The molecule has 3 aromatic carbocycles. The van der Waals surface area contributed by atoms with E-state index in [4.69, 9.17) is 19.0 Å². The second-order valence-corrected chi connectivity index (χ2v) is 11.8. The third-order valence-electron chi connectivity index (χ3n) is 7.98. The Morgan fingerprint density at radius 3 is 2.66 bits per heavy atom. The number of aromatic nitrogens is 2. The topological polar surface area (TPSA) is 98.8 Å². The molecule has 0 bridgehead atoms. The maximum absolute atomic E-state index is 14.0. The first kappa shape index (κ1) is 27.8. The minimum atomic E-state index is -0.304. The summed E-state index contributed by atoms with van der Waals surface area (Å²) in [6.07, 6.45) is 1.56. The SMILES string of the molecule is Cc1cccc(-n2nc(-c3ccccc3)c3c2N(CC(=O)NCc2ccco2)C(=O)CS[C@H]3c2ccc3c(c2)OCO3)c1C. The third-order valence-corrected chi connectivity index (χ3v) is 9.24. The highest BCUT2D eigenvalue weighted by molar-refractivity contribution is 8.00. The molecule has 0 spiro atoms. The molecule has 7 rings (SSSR count). The van der Waals surface area contributed by atoms with Crippen LogP contribution in [0, 0.1) is 13.8 Å². The van der Waals surface area contributed by atoms with Crippen LogP contribution < -0.4 is 19.7 Å². The Morgan fingerprint density at radius 2 is 1.84 bits per heavy atom. The number of aryl methyl sites for hydroxylation is 1. The molecular formula is C34H30N4O5S. The maximum atomic E-state index is 14.0. The summed E-state index contributed by atoms with van der Waals surface area (Å²) in [5.41, 5.74) is 6.43. The van der Waals surface area contributed by atoms with Crippen molar-refractivity contribution >= 4 is 29.4 Å². The zero-order valence-electron chi connectivity index (χ0n) is 24.3. The number of furan rings is 1. The molecule has 0 fully saturated rings. The van der Waals surface area contributed by atoms with Gasteiger partial charge >= 0.3 is 0 Å². The van der Waals surface area contributed by atoms with Crippen LogP contribution in [-0.2, 0) is 16.1 Å². The molecule has 4 heterocycles. The molecule has 1 N–H and O–H groups in total. The van der Waals surface area contributed by atoms with Gasteiger partial charge in [-0.15, -0.1) is 11.8 Å². The standard InChI is InChI=1S/C34H30N4O5S/c1-21-8-6-12-26(22(21)2)38-34-31(32(36-38)23-9-4-3-5-10-23)33(24-13-14-27-28(16-24)43-20-42-27)44-19-30(40)37(34)18-29(39)35-17-25-11-7-15-41-25/h3-16,33H,17-20H2,1-2H3,(H,35,39)/t33-/m0/s1. The van der Waals surface area contributed by atoms with Crippen LogP contribution in [0.3, 0.4) is 0 Å². The van der Waals surface area contributed by atoms with E-state index in [1.54, 1.807) is 23.3 Å². The van der Waals surface area contributed by atoms with Crippen molar-refractivity contribution in [3.63, 3.8) is 0 Å². The number of fused-ring (bicyclic) bond motifs is 2. The van der Waals surface area contributed by atoms with E-state index in [1.165, 1.54) is 11.8 Å². The number of rotatable bonds is 7. The average molecular weight is 607 g/mol. The van der Waals surface area contributed by atoms with Gasteiger partial charge in [-0.25, -0.2) is 4.68 Å². The summed E-state index contributed by atoms with van der Waals surface area (Å²) in [4.78, 5) is 29.0. The Labute approximate surface area is 258 Å². The van der Waals surface area contributed by atoms with Crippen LogP contribution in [-0.4, -0.2) is 40.7 Å². The van der Waals surface area contributed by atoms with Crippen molar-refractivity contribution in [2.45, 2.75) is 25.6 Å². The number of nitrogens with zero attached hydrogens (tertiary/aromatic N) is 3. The Balaban J connectivity index is 1.43. The molecule has 0 unspecified atom stereocenters. The van der Waals surface area contributed by atoms with Crippen molar-refractivity contribution in [3.05, 3.63) is 113 Å². The molecule has 2 aromatic heterocycles. The van der Waals surface area contributed by atoms with Crippen LogP contribution in [0.2, 0.25) is 0 Å². The van der Waals surface area contributed by atoms with Crippen molar-refractivity contribution < 1.29 is 23.5 Å². The number of benzene rings is 3. The lowest BCUT2D eigenvalue weighted by Gasteiger charge is -2.24. The predicted molar refractivity (Wildman–Crippen MR) is 168 cm³/mol. The molecule has 44 heavy (non-hydrogen) atoms. The molecule has 1 atom stereocenters. The Kier molecular flexibility index (Phi) is 7.35. The molecule has 0 saturated heterocycles. The fourth-order valence-electron chi connectivity index (χ4n) is 5.60. The summed E-state index contributed by atoms with van der Waals surface area (Å²) in [7, 11) is 0. The van der Waals surface area contributed by atoms with Gasteiger partial charge in [0.1, 0.15) is 18.1 Å². The molecule has 222 valence electrons.